The molecule has 108 valence electrons. The van der Waals surface area contributed by atoms with Crippen LogP contribution in [0.2, 0.25) is 0 Å². The van der Waals surface area contributed by atoms with Crippen LogP contribution in [0.25, 0.3) is 11.0 Å². The van der Waals surface area contributed by atoms with Crippen LogP contribution in [0.4, 0.5) is 0 Å². The molecule has 0 aliphatic heterocycles. The average Bonchev–Trinajstić information content (AvgIpc) is 2.99. The summed E-state index contributed by atoms with van der Waals surface area (Å²) in [6.07, 6.45) is 5.36. The summed E-state index contributed by atoms with van der Waals surface area (Å²) in [4.78, 5) is 5.11. The van der Waals surface area contributed by atoms with E-state index in [-0.39, 0.29) is 0 Å². The van der Waals surface area contributed by atoms with Crippen molar-refractivity contribution >= 4 is 28.2 Å². The highest BCUT2D eigenvalue weighted by atomic mass is 32.1. The van der Waals surface area contributed by atoms with Gasteiger partial charge in [0.25, 0.3) is 0 Å². The number of aryl methyl sites for hydroxylation is 3. The fourth-order valence-electron chi connectivity index (χ4n) is 2.51. The highest BCUT2D eigenvalue weighted by Gasteiger charge is 2.11. The van der Waals surface area contributed by atoms with Gasteiger partial charge in [0.2, 0.25) is 0 Å². The zero-order chi connectivity index (χ0) is 14.8. The summed E-state index contributed by atoms with van der Waals surface area (Å²) in [5, 5.41) is 4.20. The maximum atomic E-state index is 5.69. The number of hydrogen-bond acceptors (Lipinski definition) is 3. The molecule has 0 atom stereocenters. The first-order chi connectivity index (χ1) is 10.1. The summed E-state index contributed by atoms with van der Waals surface area (Å²) in [7, 11) is 1.93. The minimum Gasteiger partial charge on any atom is -0.393 e. The van der Waals surface area contributed by atoms with Crippen LogP contribution >= 0.6 is 12.2 Å². The lowest BCUT2D eigenvalue weighted by molar-refractivity contribution is 0.684. The molecule has 21 heavy (non-hydrogen) atoms. The predicted molar refractivity (Wildman–Crippen MR) is 87.1 cm³/mol. The van der Waals surface area contributed by atoms with Crippen LogP contribution in [-0.4, -0.2) is 24.3 Å². The van der Waals surface area contributed by atoms with Gasteiger partial charge in [-0.05, 0) is 24.1 Å². The van der Waals surface area contributed by atoms with E-state index < -0.39 is 0 Å². The zero-order valence-corrected chi connectivity index (χ0v) is 12.7. The first-order valence-corrected chi connectivity index (χ1v) is 7.24. The fraction of sp³-hybridized carbons (Fsp3) is 0.267. The van der Waals surface area contributed by atoms with Gasteiger partial charge in [-0.15, -0.1) is 0 Å². The summed E-state index contributed by atoms with van der Waals surface area (Å²) in [5.41, 5.74) is 9.00. The maximum Gasteiger partial charge on any atom is 0.116 e. The molecular formula is C15H17N5S. The number of nitrogens with zero attached hydrogens (tertiary/aromatic N) is 4. The number of nitrogens with two attached hydrogens (primary N) is 1. The molecule has 3 aromatic rings. The Morgan fingerprint density at radius 2 is 2.14 bits per heavy atom. The Morgan fingerprint density at radius 3 is 2.86 bits per heavy atom. The van der Waals surface area contributed by atoms with Gasteiger partial charge in [-0.3, -0.25) is 4.68 Å². The highest BCUT2D eigenvalue weighted by Crippen LogP contribution is 2.17. The lowest BCUT2D eigenvalue weighted by Gasteiger charge is -2.08. The largest absolute Gasteiger partial charge is 0.393 e. The lowest BCUT2D eigenvalue weighted by Crippen LogP contribution is -2.16. The predicted octanol–water partition coefficient (Wildman–Crippen LogP) is 1.84. The molecule has 0 bridgehead atoms. The van der Waals surface area contributed by atoms with E-state index in [0.717, 1.165) is 29.8 Å². The monoisotopic (exact) mass is 299 g/mol. The standard InChI is InChI=1S/C15H17N5S/c1-19-10-11(9-17-19)6-7-20-13-5-3-2-4-12(13)18-15(20)8-14(16)21/h2-5,9-10H,6-8H2,1H3,(H2,16,21). The van der Waals surface area contributed by atoms with Crippen molar-refractivity contribution in [3.05, 3.63) is 48.0 Å². The zero-order valence-electron chi connectivity index (χ0n) is 11.9. The Balaban J connectivity index is 1.92. The van der Waals surface area contributed by atoms with E-state index in [1.807, 2.05) is 42.3 Å². The molecule has 2 heterocycles. The quantitative estimate of drug-likeness (QED) is 0.730. The van der Waals surface area contributed by atoms with Crippen LogP contribution < -0.4 is 5.73 Å². The number of imidazole rings is 1. The topological polar surface area (TPSA) is 61.7 Å². The third-order valence-corrected chi connectivity index (χ3v) is 3.59. The van der Waals surface area contributed by atoms with Gasteiger partial charge in [0.15, 0.2) is 0 Å². The van der Waals surface area contributed by atoms with Gasteiger partial charge in [0.05, 0.1) is 28.6 Å². The van der Waals surface area contributed by atoms with E-state index in [1.165, 1.54) is 5.56 Å². The molecule has 0 amide bonds. The molecule has 0 unspecified atom stereocenters. The molecule has 0 aliphatic carbocycles. The summed E-state index contributed by atoms with van der Waals surface area (Å²) < 4.78 is 4.01. The number of fused-ring (bicyclic) bond motifs is 1. The van der Waals surface area contributed by atoms with Gasteiger partial charge in [0, 0.05) is 19.8 Å². The Bertz CT molecular complexity index is 786. The second-order valence-electron chi connectivity index (χ2n) is 5.08. The second kappa shape index (κ2) is 5.65. The normalized spacial score (nSPS) is 11.1. The van der Waals surface area contributed by atoms with Crippen LogP contribution in [0.1, 0.15) is 11.4 Å². The Labute approximate surface area is 128 Å². The molecule has 0 spiro atoms. The van der Waals surface area contributed by atoms with E-state index in [9.17, 15) is 0 Å². The van der Waals surface area contributed by atoms with Crippen molar-refractivity contribution in [1.82, 2.24) is 19.3 Å². The molecule has 0 saturated heterocycles. The van der Waals surface area contributed by atoms with Gasteiger partial charge in [-0.2, -0.15) is 5.10 Å². The third-order valence-electron chi connectivity index (χ3n) is 3.45. The van der Waals surface area contributed by atoms with Gasteiger partial charge in [-0.25, -0.2) is 4.98 Å². The van der Waals surface area contributed by atoms with Gasteiger partial charge < -0.3 is 10.3 Å². The van der Waals surface area contributed by atoms with Gasteiger partial charge in [0.1, 0.15) is 5.82 Å². The van der Waals surface area contributed by atoms with Crippen LogP contribution in [-0.2, 0) is 26.4 Å². The smallest absolute Gasteiger partial charge is 0.116 e. The van der Waals surface area contributed by atoms with E-state index in [4.69, 9.17) is 18.0 Å². The minimum atomic E-state index is 0.466. The third kappa shape index (κ3) is 2.95. The van der Waals surface area contributed by atoms with Crippen molar-refractivity contribution < 1.29 is 0 Å². The average molecular weight is 299 g/mol. The van der Waals surface area contributed by atoms with Gasteiger partial charge >= 0.3 is 0 Å². The molecule has 0 radical (unpaired) electrons. The molecule has 0 fully saturated rings. The summed E-state index contributed by atoms with van der Waals surface area (Å²) in [6, 6.07) is 8.11. The molecule has 0 saturated carbocycles. The van der Waals surface area contributed by atoms with Crippen molar-refractivity contribution in [3.8, 4) is 0 Å². The summed E-state index contributed by atoms with van der Waals surface area (Å²) >= 11 is 5.03. The number of aromatic nitrogens is 4. The van der Waals surface area contributed by atoms with Crippen molar-refractivity contribution in [2.45, 2.75) is 19.4 Å². The molecule has 0 aliphatic rings. The molecule has 2 aromatic heterocycles. The number of rotatable bonds is 5. The van der Waals surface area contributed by atoms with E-state index in [1.54, 1.807) is 0 Å². The molecular weight excluding hydrogens is 282 g/mol. The summed E-state index contributed by atoms with van der Waals surface area (Å²) in [6.45, 7) is 0.837. The first-order valence-electron chi connectivity index (χ1n) is 6.83. The molecule has 1 aromatic carbocycles. The van der Waals surface area contributed by atoms with Crippen LogP contribution in [0, 0.1) is 0 Å². The van der Waals surface area contributed by atoms with E-state index in [2.05, 4.69) is 20.7 Å². The second-order valence-corrected chi connectivity index (χ2v) is 5.61. The Morgan fingerprint density at radius 1 is 1.33 bits per heavy atom. The van der Waals surface area contributed by atoms with Crippen molar-refractivity contribution in [1.29, 1.82) is 0 Å². The minimum absolute atomic E-state index is 0.466. The van der Waals surface area contributed by atoms with Crippen molar-refractivity contribution in [2.24, 2.45) is 12.8 Å². The van der Waals surface area contributed by atoms with Crippen molar-refractivity contribution in [3.63, 3.8) is 0 Å². The SMILES string of the molecule is Cn1cc(CCn2c(CC(N)=S)nc3ccccc32)cn1. The van der Waals surface area contributed by atoms with Gasteiger partial charge in [-0.1, -0.05) is 24.4 Å². The lowest BCUT2D eigenvalue weighted by atomic mass is 10.2. The molecule has 5 nitrogen and oxygen atoms in total. The number of benzene rings is 1. The molecule has 6 heteroatoms. The number of para-hydroxylation sites is 2. The van der Waals surface area contributed by atoms with E-state index in [0.29, 0.717) is 11.4 Å². The van der Waals surface area contributed by atoms with Crippen LogP contribution in [0.3, 0.4) is 0 Å². The van der Waals surface area contributed by atoms with Crippen molar-refractivity contribution in [2.75, 3.05) is 0 Å². The van der Waals surface area contributed by atoms with Crippen LogP contribution in [0.15, 0.2) is 36.7 Å². The van der Waals surface area contributed by atoms with E-state index >= 15 is 0 Å². The molecule has 3 rings (SSSR count). The molecule has 2 N–H and O–H groups in total. The highest BCUT2D eigenvalue weighted by molar-refractivity contribution is 7.80. The Kier molecular flexibility index (Phi) is 3.70. The Hall–Kier alpha value is -2.21. The number of hydrogen-bond donors (Lipinski definition) is 1. The van der Waals surface area contributed by atoms with Crippen LogP contribution in [0.5, 0.6) is 0 Å². The first kappa shape index (κ1) is 13.8. The summed E-state index contributed by atoms with van der Waals surface area (Å²) in [5.74, 6) is 0.924. The fourth-order valence-corrected chi connectivity index (χ4v) is 2.64. The number of thiocarbonyl (C=S) groups is 1. The maximum absolute atomic E-state index is 5.69.